The number of nitrogens with one attached hydrogen (secondary N) is 1. The molecule has 1 N–H and O–H groups in total. The fourth-order valence-corrected chi connectivity index (χ4v) is 3.50. The number of ether oxygens (including phenoxy) is 1. The van der Waals surface area contributed by atoms with Gasteiger partial charge in [0.25, 0.3) is 0 Å². The second kappa shape index (κ2) is 7.66. The van der Waals surface area contributed by atoms with Crippen molar-refractivity contribution in [2.45, 2.75) is 38.8 Å². The Bertz CT molecular complexity index is 697. The van der Waals surface area contributed by atoms with E-state index in [0.29, 0.717) is 19.1 Å². The Morgan fingerprint density at radius 3 is 2.88 bits per heavy atom. The van der Waals surface area contributed by atoms with Gasteiger partial charge in [0.15, 0.2) is 0 Å². The van der Waals surface area contributed by atoms with Gasteiger partial charge in [-0.15, -0.1) is 11.3 Å². The lowest BCUT2D eigenvalue weighted by Gasteiger charge is -2.24. The number of para-hydroxylation sites is 1. The van der Waals surface area contributed by atoms with Crippen molar-refractivity contribution in [3.8, 4) is 5.75 Å². The van der Waals surface area contributed by atoms with E-state index in [1.54, 1.807) is 18.4 Å². The van der Waals surface area contributed by atoms with E-state index in [1.165, 1.54) is 4.88 Å². The number of benzene rings is 1. The number of hydrogen-bond acceptors (Lipinski definition) is 4. The third-order valence-electron chi connectivity index (χ3n) is 4.25. The van der Waals surface area contributed by atoms with E-state index in [9.17, 15) is 4.79 Å². The highest BCUT2D eigenvalue weighted by Crippen LogP contribution is 2.30. The van der Waals surface area contributed by atoms with E-state index in [0.717, 1.165) is 36.3 Å². The lowest BCUT2D eigenvalue weighted by Crippen LogP contribution is -2.41. The van der Waals surface area contributed by atoms with Crippen LogP contribution in [-0.4, -0.2) is 35.6 Å². The van der Waals surface area contributed by atoms with Crippen LogP contribution in [0.3, 0.4) is 0 Å². The third-order valence-corrected chi connectivity index (χ3v) is 5.25. The number of aromatic nitrogens is 1. The van der Waals surface area contributed by atoms with Crippen LogP contribution in [0.25, 0.3) is 0 Å². The molecule has 0 unspecified atom stereocenters. The highest BCUT2D eigenvalue weighted by molar-refractivity contribution is 7.09. The molecule has 0 aliphatic heterocycles. The monoisotopic (exact) mass is 345 g/mol. The summed E-state index contributed by atoms with van der Waals surface area (Å²) in [7, 11) is 1.66. The van der Waals surface area contributed by atoms with Crippen LogP contribution in [0.4, 0.5) is 4.79 Å². The van der Waals surface area contributed by atoms with Gasteiger partial charge in [0.2, 0.25) is 0 Å². The molecule has 0 saturated heterocycles. The molecule has 128 valence electrons. The summed E-state index contributed by atoms with van der Waals surface area (Å²) in [5.74, 6) is 0.830. The number of thiazole rings is 1. The molecule has 6 heteroatoms. The first-order valence-electron chi connectivity index (χ1n) is 8.24. The molecule has 1 aromatic carbocycles. The van der Waals surface area contributed by atoms with Crippen molar-refractivity contribution in [2.75, 3.05) is 13.7 Å². The van der Waals surface area contributed by atoms with Gasteiger partial charge >= 0.3 is 6.03 Å². The van der Waals surface area contributed by atoms with Crippen LogP contribution >= 0.6 is 11.3 Å². The molecule has 1 saturated carbocycles. The molecule has 3 rings (SSSR count). The Labute approximate surface area is 146 Å². The van der Waals surface area contributed by atoms with Crippen LogP contribution in [-0.2, 0) is 13.0 Å². The number of carbonyl (C=O) groups excluding carboxylic acids is 1. The highest BCUT2D eigenvalue weighted by atomic mass is 32.1. The van der Waals surface area contributed by atoms with Gasteiger partial charge in [-0.3, -0.25) is 0 Å². The minimum absolute atomic E-state index is 0.00516. The Morgan fingerprint density at radius 2 is 2.21 bits per heavy atom. The number of aryl methyl sites for hydroxylation is 1. The quantitative estimate of drug-likeness (QED) is 0.837. The topological polar surface area (TPSA) is 54.5 Å². The van der Waals surface area contributed by atoms with Gasteiger partial charge in [0, 0.05) is 29.4 Å². The van der Waals surface area contributed by atoms with E-state index in [4.69, 9.17) is 4.74 Å². The van der Waals surface area contributed by atoms with Crippen LogP contribution in [0.1, 0.15) is 29.0 Å². The molecule has 1 heterocycles. The zero-order valence-electron chi connectivity index (χ0n) is 14.1. The normalized spacial score (nSPS) is 13.6. The number of amides is 2. The van der Waals surface area contributed by atoms with Crippen LogP contribution < -0.4 is 10.1 Å². The molecule has 1 aromatic heterocycles. The van der Waals surface area contributed by atoms with Gasteiger partial charge in [-0.1, -0.05) is 18.2 Å². The maximum Gasteiger partial charge on any atom is 0.317 e. The zero-order valence-corrected chi connectivity index (χ0v) is 14.9. The largest absolute Gasteiger partial charge is 0.496 e. The number of nitrogens with zero attached hydrogens (tertiary/aromatic N) is 2. The number of urea groups is 1. The predicted octanol–water partition coefficient (Wildman–Crippen LogP) is 3.38. The lowest BCUT2D eigenvalue weighted by atomic mass is 10.2. The molecule has 2 aromatic rings. The van der Waals surface area contributed by atoms with E-state index < -0.39 is 0 Å². The second-order valence-electron chi connectivity index (χ2n) is 6.01. The standard InChI is InChI=1S/C18H23N3O2S/c1-13-17(24-12-20-13)9-10-19-18(22)21(15-7-8-15)11-14-5-3-4-6-16(14)23-2/h3-6,12,15H,7-11H2,1-2H3,(H,19,22). The summed E-state index contributed by atoms with van der Waals surface area (Å²) in [4.78, 5) is 20.0. The number of hydrogen-bond donors (Lipinski definition) is 1. The maximum absolute atomic E-state index is 12.6. The Morgan fingerprint density at radius 1 is 1.42 bits per heavy atom. The summed E-state index contributed by atoms with van der Waals surface area (Å²) in [6.45, 7) is 3.23. The van der Waals surface area contributed by atoms with Crippen LogP contribution in [0.5, 0.6) is 5.75 Å². The van der Waals surface area contributed by atoms with Crippen LogP contribution in [0.15, 0.2) is 29.8 Å². The van der Waals surface area contributed by atoms with E-state index in [-0.39, 0.29) is 6.03 Å². The fourth-order valence-electron chi connectivity index (χ4n) is 2.72. The van der Waals surface area contributed by atoms with E-state index in [2.05, 4.69) is 10.3 Å². The average molecular weight is 345 g/mol. The van der Waals surface area contributed by atoms with Crippen molar-refractivity contribution >= 4 is 17.4 Å². The van der Waals surface area contributed by atoms with Gasteiger partial charge in [-0.05, 0) is 25.8 Å². The third kappa shape index (κ3) is 4.06. The first-order valence-corrected chi connectivity index (χ1v) is 9.12. The molecule has 0 atom stereocenters. The minimum Gasteiger partial charge on any atom is -0.496 e. The zero-order chi connectivity index (χ0) is 16.9. The molecule has 1 fully saturated rings. The second-order valence-corrected chi connectivity index (χ2v) is 6.95. The summed E-state index contributed by atoms with van der Waals surface area (Å²) < 4.78 is 5.41. The first-order chi connectivity index (χ1) is 11.7. The molecular weight excluding hydrogens is 322 g/mol. The Balaban J connectivity index is 1.59. The molecule has 1 aliphatic rings. The number of rotatable bonds is 7. The first kappa shape index (κ1) is 16.8. The van der Waals surface area contributed by atoms with Crippen molar-refractivity contribution in [2.24, 2.45) is 0 Å². The van der Waals surface area contributed by atoms with Crippen molar-refractivity contribution in [1.29, 1.82) is 0 Å². The van der Waals surface area contributed by atoms with Gasteiger partial charge in [0.05, 0.1) is 24.9 Å². The van der Waals surface area contributed by atoms with Gasteiger partial charge in [-0.2, -0.15) is 0 Å². The van der Waals surface area contributed by atoms with Crippen molar-refractivity contribution in [3.05, 3.63) is 45.9 Å². The molecule has 2 amide bonds. The van der Waals surface area contributed by atoms with Crippen molar-refractivity contribution in [3.63, 3.8) is 0 Å². The summed E-state index contributed by atoms with van der Waals surface area (Å²) in [5.41, 5.74) is 3.95. The smallest absolute Gasteiger partial charge is 0.317 e. The number of carbonyl (C=O) groups is 1. The van der Waals surface area contributed by atoms with Gasteiger partial charge in [0.1, 0.15) is 5.75 Å². The molecule has 1 aliphatic carbocycles. The number of methoxy groups -OCH3 is 1. The van der Waals surface area contributed by atoms with Crippen LogP contribution in [0.2, 0.25) is 0 Å². The molecule has 5 nitrogen and oxygen atoms in total. The lowest BCUT2D eigenvalue weighted by molar-refractivity contribution is 0.191. The van der Waals surface area contributed by atoms with Gasteiger partial charge < -0.3 is 15.0 Å². The van der Waals surface area contributed by atoms with E-state index >= 15 is 0 Å². The Hall–Kier alpha value is -2.08. The van der Waals surface area contributed by atoms with Crippen LogP contribution in [0, 0.1) is 6.92 Å². The van der Waals surface area contributed by atoms with E-state index in [1.807, 2.05) is 41.6 Å². The fraction of sp³-hybridized carbons (Fsp3) is 0.444. The van der Waals surface area contributed by atoms with Crippen molar-refractivity contribution in [1.82, 2.24) is 15.2 Å². The average Bonchev–Trinajstić information content (AvgIpc) is 3.36. The molecule has 0 spiro atoms. The Kier molecular flexibility index (Phi) is 5.35. The highest BCUT2D eigenvalue weighted by Gasteiger charge is 2.32. The minimum atomic E-state index is 0.00516. The predicted molar refractivity (Wildman–Crippen MR) is 95.5 cm³/mol. The molecule has 24 heavy (non-hydrogen) atoms. The molecule has 0 bridgehead atoms. The molecule has 0 radical (unpaired) electrons. The maximum atomic E-state index is 12.6. The summed E-state index contributed by atoms with van der Waals surface area (Å²) in [6.07, 6.45) is 2.99. The SMILES string of the molecule is COc1ccccc1CN(C(=O)NCCc1scnc1C)C1CC1. The summed E-state index contributed by atoms with van der Waals surface area (Å²) in [5, 5.41) is 3.05. The molecular formula is C18H23N3O2S. The summed E-state index contributed by atoms with van der Waals surface area (Å²) in [6, 6.07) is 8.23. The summed E-state index contributed by atoms with van der Waals surface area (Å²) >= 11 is 1.64. The van der Waals surface area contributed by atoms with Gasteiger partial charge in [-0.25, -0.2) is 9.78 Å². The van der Waals surface area contributed by atoms with Crippen molar-refractivity contribution < 1.29 is 9.53 Å².